The third kappa shape index (κ3) is 7.33. The van der Waals surface area contributed by atoms with E-state index in [0.717, 1.165) is 5.56 Å². The normalized spacial score (nSPS) is 11.1. The first kappa shape index (κ1) is 26.4. The molecule has 0 saturated carbocycles. The van der Waals surface area contributed by atoms with Crippen LogP contribution in [0.25, 0.3) is 0 Å². The minimum atomic E-state index is -0.537. The predicted octanol–water partition coefficient (Wildman–Crippen LogP) is 0.235. The lowest BCUT2D eigenvalue weighted by molar-refractivity contribution is -0.395. The molecular formula is C24H23Cl2N3O3S. The highest BCUT2D eigenvalue weighted by atomic mass is 35.5. The largest absolute Gasteiger partial charge is 1.00 e. The first-order valence-corrected chi connectivity index (χ1v) is 10.9. The molecule has 0 aliphatic heterocycles. The third-order valence-corrected chi connectivity index (χ3v) is 5.40. The Morgan fingerprint density at radius 1 is 0.939 bits per heavy atom. The van der Waals surface area contributed by atoms with Crippen LogP contribution in [0.4, 0.5) is 11.4 Å². The summed E-state index contributed by atoms with van der Waals surface area (Å²) in [7, 11) is 0. The molecule has 0 fully saturated rings. The van der Waals surface area contributed by atoms with Crippen molar-refractivity contribution < 1.29 is 32.5 Å². The van der Waals surface area contributed by atoms with Crippen molar-refractivity contribution in [3.8, 4) is 0 Å². The van der Waals surface area contributed by atoms with Gasteiger partial charge in [0.2, 0.25) is 5.91 Å². The highest BCUT2D eigenvalue weighted by Gasteiger charge is 2.19. The van der Waals surface area contributed by atoms with Gasteiger partial charge in [-0.1, -0.05) is 54.1 Å². The number of anilines is 2. The van der Waals surface area contributed by atoms with E-state index >= 15 is 0 Å². The molecular weight excluding hydrogens is 481 g/mol. The lowest BCUT2D eigenvalue weighted by atomic mass is 10.0. The summed E-state index contributed by atoms with van der Waals surface area (Å²) in [6.45, 7) is 0. The lowest BCUT2D eigenvalue weighted by Crippen LogP contribution is -3.00. The summed E-state index contributed by atoms with van der Waals surface area (Å²) in [4.78, 5) is 38.0. The van der Waals surface area contributed by atoms with Crippen LogP contribution in [0.3, 0.4) is 0 Å². The Labute approximate surface area is 208 Å². The zero-order valence-corrected chi connectivity index (χ0v) is 20.0. The molecule has 172 valence electrons. The Bertz CT molecular complexity index is 1130. The van der Waals surface area contributed by atoms with Gasteiger partial charge in [0.1, 0.15) is 0 Å². The number of halogens is 2. The van der Waals surface area contributed by atoms with Gasteiger partial charge in [-0.15, -0.1) is 0 Å². The van der Waals surface area contributed by atoms with E-state index in [0.29, 0.717) is 27.7 Å². The molecule has 1 atom stereocenters. The van der Waals surface area contributed by atoms with E-state index in [1.807, 2.05) is 6.07 Å². The van der Waals surface area contributed by atoms with E-state index in [1.54, 1.807) is 66.7 Å². The van der Waals surface area contributed by atoms with Crippen LogP contribution >= 0.6 is 24.2 Å². The fourth-order valence-electron chi connectivity index (χ4n) is 2.97. The fourth-order valence-corrected chi connectivity index (χ4v) is 3.26. The van der Waals surface area contributed by atoms with E-state index < -0.39 is 6.04 Å². The molecule has 0 unspecified atom stereocenters. The smallest absolute Gasteiger partial charge is 0.283 e. The maximum absolute atomic E-state index is 13.2. The molecule has 0 radical (unpaired) electrons. The van der Waals surface area contributed by atoms with E-state index in [4.69, 9.17) is 11.6 Å². The zero-order valence-electron chi connectivity index (χ0n) is 17.6. The van der Waals surface area contributed by atoms with Crippen LogP contribution in [0.2, 0.25) is 5.02 Å². The average Bonchev–Trinajstić information content (AvgIpc) is 2.81. The van der Waals surface area contributed by atoms with Crippen LogP contribution in [0.1, 0.15) is 21.5 Å². The minimum absolute atomic E-state index is 0. The predicted molar refractivity (Wildman–Crippen MR) is 129 cm³/mol. The number of ketones is 1. The zero-order chi connectivity index (χ0) is 23.1. The topological polar surface area (TPSA) is 103 Å². The molecule has 9 heteroatoms. The van der Waals surface area contributed by atoms with Crippen molar-refractivity contribution in [2.45, 2.75) is 12.5 Å². The second kappa shape index (κ2) is 12.4. The number of carbonyl (C=O) groups excluding carboxylic acids is 3. The average molecular weight is 504 g/mol. The summed E-state index contributed by atoms with van der Waals surface area (Å²) in [5, 5.41) is 6.13. The highest BCUT2D eigenvalue weighted by molar-refractivity contribution is 7.80. The summed E-state index contributed by atoms with van der Waals surface area (Å²) in [6, 6.07) is 19.9. The van der Waals surface area contributed by atoms with Crippen LogP contribution in [-0.2, 0) is 16.0 Å². The van der Waals surface area contributed by atoms with E-state index in [-0.39, 0.29) is 42.0 Å². The maximum Gasteiger partial charge on any atom is 0.283 e. The molecule has 0 saturated heterocycles. The maximum atomic E-state index is 13.2. The van der Waals surface area contributed by atoms with Crippen molar-refractivity contribution in [3.05, 3.63) is 94.5 Å². The number of quaternary nitrogens is 1. The van der Waals surface area contributed by atoms with Crippen molar-refractivity contribution >= 4 is 53.2 Å². The first-order chi connectivity index (χ1) is 15.4. The fraction of sp³-hybridized carbons (Fsp3) is 0.125. The summed E-state index contributed by atoms with van der Waals surface area (Å²) < 4.78 is 0. The van der Waals surface area contributed by atoms with Crippen molar-refractivity contribution in [2.75, 3.05) is 16.4 Å². The highest BCUT2D eigenvalue weighted by Crippen LogP contribution is 2.24. The number of carbonyl (C=O) groups is 3. The Morgan fingerprint density at radius 3 is 2.24 bits per heavy atom. The summed E-state index contributed by atoms with van der Waals surface area (Å²) >= 11 is 9.99. The van der Waals surface area contributed by atoms with Crippen molar-refractivity contribution in [1.82, 2.24) is 0 Å². The second-order valence-electron chi connectivity index (χ2n) is 7.18. The Balaban J connectivity index is 0.00000385. The monoisotopic (exact) mass is 503 g/mol. The summed E-state index contributed by atoms with van der Waals surface area (Å²) in [5.74, 6) is -0.568. The minimum Gasteiger partial charge on any atom is -1.00 e. The third-order valence-electron chi connectivity index (χ3n) is 4.71. The number of hydrogen-bond donors (Lipinski definition) is 4. The van der Waals surface area contributed by atoms with Crippen molar-refractivity contribution in [1.29, 1.82) is 0 Å². The quantitative estimate of drug-likeness (QED) is 0.261. The number of benzene rings is 3. The van der Waals surface area contributed by atoms with Gasteiger partial charge >= 0.3 is 0 Å². The number of thiol groups is 1. The standard InChI is InChI=1S/C24H22ClN3O3S.ClH/c25-17-8-6-15(7-9-17)12-22(29)28-21-11-10-18(27-24(31)20(26)14-32)13-19(21)23(30)16-4-2-1-3-5-16;/h1-11,13,20,32H,12,14,26H2,(H,27,31)(H,28,29);1H/t20-;/m0./s1. The van der Waals surface area contributed by atoms with Crippen molar-refractivity contribution in [3.63, 3.8) is 0 Å². The van der Waals surface area contributed by atoms with Crippen LogP contribution < -0.4 is 28.8 Å². The molecule has 3 aromatic rings. The van der Waals surface area contributed by atoms with Gasteiger partial charge in [0.25, 0.3) is 5.91 Å². The summed E-state index contributed by atoms with van der Waals surface area (Å²) in [5.41, 5.74) is 6.06. The van der Waals surface area contributed by atoms with Gasteiger partial charge in [0.05, 0.1) is 17.9 Å². The van der Waals surface area contributed by atoms with Crippen LogP contribution in [-0.4, -0.2) is 29.4 Å². The van der Waals surface area contributed by atoms with Crippen LogP contribution in [0.5, 0.6) is 0 Å². The van der Waals surface area contributed by atoms with Crippen molar-refractivity contribution in [2.24, 2.45) is 0 Å². The van der Waals surface area contributed by atoms with Crippen LogP contribution in [0, 0.1) is 0 Å². The number of amides is 2. The number of hydrogen-bond acceptors (Lipinski definition) is 4. The second-order valence-corrected chi connectivity index (χ2v) is 7.98. The lowest BCUT2D eigenvalue weighted by Gasteiger charge is -2.14. The van der Waals surface area contributed by atoms with Gasteiger partial charge in [0, 0.05) is 21.8 Å². The molecule has 0 bridgehead atoms. The molecule has 0 aliphatic carbocycles. The molecule has 0 spiro atoms. The van der Waals surface area contributed by atoms with E-state index in [1.165, 1.54) is 0 Å². The van der Waals surface area contributed by atoms with Gasteiger partial charge in [-0.25, -0.2) is 0 Å². The Kier molecular flexibility index (Phi) is 9.94. The van der Waals surface area contributed by atoms with Crippen LogP contribution in [0.15, 0.2) is 72.8 Å². The molecule has 3 rings (SSSR count). The van der Waals surface area contributed by atoms with E-state index in [2.05, 4.69) is 29.0 Å². The molecule has 5 N–H and O–H groups in total. The Hall–Kier alpha value is -2.84. The SMILES string of the molecule is [Cl-].[NH3+][C@@H](CS)C(=O)Nc1ccc(NC(=O)Cc2ccc(Cl)cc2)c(C(=O)c2ccccc2)c1. The number of nitrogens with one attached hydrogen (secondary N) is 2. The van der Waals surface area contributed by atoms with Gasteiger partial charge in [0.15, 0.2) is 11.8 Å². The Morgan fingerprint density at radius 2 is 1.61 bits per heavy atom. The molecule has 0 aromatic heterocycles. The molecule has 0 heterocycles. The molecule has 6 nitrogen and oxygen atoms in total. The number of rotatable bonds is 8. The molecule has 2 amide bonds. The van der Waals surface area contributed by atoms with Gasteiger partial charge in [-0.05, 0) is 35.9 Å². The van der Waals surface area contributed by atoms with Gasteiger partial charge in [-0.2, -0.15) is 12.6 Å². The first-order valence-electron chi connectivity index (χ1n) is 9.90. The molecule has 0 aliphatic rings. The van der Waals surface area contributed by atoms with Gasteiger partial charge < -0.3 is 28.8 Å². The van der Waals surface area contributed by atoms with Gasteiger partial charge in [-0.3, -0.25) is 14.4 Å². The van der Waals surface area contributed by atoms with E-state index in [9.17, 15) is 14.4 Å². The molecule has 3 aromatic carbocycles. The molecule has 33 heavy (non-hydrogen) atoms. The summed E-state index contributed by atoms with van der Waals surface area (Å²) in [6.07, 6.45) is 0.125.